The average Bonchev–Trinajstić information content (AvgIpc) is 2.89. The highest BCUT2D eigenvalue weighted by Gasteiger charge is 2.43. The Kier molecular flexibility index (Phi) is 5.96. The molecule has 0 amide bonds. The Morgan fingerprint density at radius 3 is 2.04 bits per heavy atom. The number of ether oxygens (including phenoxy) is 3. The van der Waals surface area contributed by atoms with E-state index in [1.165, 1.54) is 0 Å². The summed E-state index contributed by atoms with van der Waals surface area (Å²) in [5, 5.41) is 19.8. The van der Waals surface area contributed by atoms with Crippen LogP contribution in [-0.4, -0.2) is 41.4 Å². The van der Waals surface area contributed by atoms with E-state index in [9.17, 15) is 10.2 Å². The molecule has 4 atom stereocenters. The zero-order valence-electron chi connectivity index (χ0n) is 13.3. The lowest BCUT2D eigenvalue weighted by atomic mass is 10.1. The third-order valence-electron chi connectivity index (χ3n) is 3.99. The molecule has 0 aromatic heterocycles. The van der Waals surface area contributed by atoms with Crippen LogP contribution in [0.3, 0.4) is 0 Å². The van der Waals surface area contributed by atoms with Gasteiger partial charge in [-0.3, -0.25) is 0 Å². The number of aliphatic hydroxyl groups is 2. The molecule has 2 aromatic carbocycles. The molecule has 1 aliphatic heterocycles. The van der Waals surface area contributed by atoms with Gasteiger partial charge >= 0.3 is 0 Å². The summed E-state index contributed by atoms with van der Waals surface area (Å²) < 4.78 is 16.8. The minimum Gasteiger partial charge on any atom is -0.385 e. The monoisotopic (exact) mass is 330 g/mol. The predicted molar refractivity (Wildman–Crippen MR) is 88.0 cm³/mol. The molecule has 0 bridgehead atoms. The van der Waals surface area contributed by atoms with Crippen LogP contribution in [0.5, 0.6) is 0 Å². The van der Waals surface area contributed by atoms with Crippen molar-refractivity contribution in [2.24, 2.45) is 0 Å². The third-order valence-corrected chi connectivity index (χ3v) is 3.99. The lowest BCUT2D eigenvalue weighted by Crippen LogP contribution is -2.37. The minimum absolute atomic E-state index is 0.239. The van der Waals surface area contributed by atoms with Gasteiger partial charge in [0.05, 0.1) is 19.8 Å². The van der Waals surface area contributed by atoms with Crippen LogP contribution in [0.2, 0.25) is 0 Å². The lowest BCUT2D eigenvalue weighted by Gasteiger charge is -2.20. The fourth-order valence-corrected chi connectivity index (χ4v) is 2.69. The molecule has 5 heteroatoms. The van der Waals surface area contributed by atoms with Crippen molar-refractivity contribution in [3.63, 3.8) is 0 Å². The first-order valence-corrected chi connectivity index (χ1v) is 8.03. The van der Waals surface area contributed by atoms with E-state index in [0.29, 0.717) is 13.2 Å². The van der Waals surface area contributed by atoms with Crippen LogP contribution < -0.4 is 0 Å². The fourth-order valence-electron chi connectivity index (χ4n) is 2.69. The average molecular weight is 330 g/mol. The Morgan fingerprint density at radius 2 is 1.42 bits per heavy atom. The van der Waals surface area contributed by atoms with Crippen LogP contribution >= 0.6 is 0 Å². The van der Waals surface area contributed by atoms with Gasteiger partial charge in [0.1, 0.15) is 18.3 Å². The number of aliphatic hydroxyl groups excluding tert-OH is 2. The molecule has 3 rings (SSSR count). The Morgan fingerprint density at radius 1 is 0.833 bits per heavy atom. The topological polar surface area (TPSA) is 68.2 Å². The van der Waals surface area contributed by atoms with Gasteiger partial charge in [0, 0.05) is 0 Å². The Labute approximate surface area is 141 Å². The summed E-state index contributed by atoms with van der Waals surface area (Å²) >= 11 is 0. The summed E-state index contributed by atoms with van der Waals surface area (Å²) in [5.74, 6) is 0. The highest BCUT2D eigenvalue weighted by atomic mass is 16.7. The molecule has 0 aliphatic carbocycles. The summed E-state index contributed by atoms with van der Waals surface area (Å²) in [6.45, 7) is 1.02. The molecule has 2 aromatic rings. The number of hydrogen-bond donors (Lipinski definition) is 2. The van der Waals surface area contributed by atoms with Gasteiger partial charge in [-0.25, -0.2) is 0 Å². The van der Waals surface area contributed by atoms with E-state index in [1.54, 1.807) is 0 Å². The lowest BCUT2D eigenvalue weighted by molar-refractivity contribution is -0.137. The van der Waals surface area contributed by atoms with Crippen molar-refractivity contribution >= 4 is 0 Å². The predicted octanol–water partition coefficient (Wildman–Crippen LogP) is 1.87. The summed E-state index contributed by atoms with van der Waals surface area (Å²) in [4.78, 5) is 0. The largest absolute Gasteiger partial charge is 0.385 e. The van der Waals surface area contributed by atoms with Crippen molar-refractivity contribution in [1.29, 1.82) is 0 Å². The molecule has 1 fully saturated rings. The molecule has 2 N–H and O–H groups in total. The van der Waals surface area contributed by atoms with Gasteiger partial charge in [-0.1, -0.05) is 60.7 Å². The highest BCUT2D eigenvalue weighted by molar-refractivity contribution is 5.14. The fraction of sp³-hybridized carbons (Fsp3) is 0.368. The first kappa shape index (κ1) is 17.1. The quantitative estimate of drug-likeness (QED) is 0.811. The molecule has 5 nitrogen and oxygen atoms in total. The third kappa shape index (κ3) is 4.41. The van der Waals surface area contributed by atoms with Crippen molar-refractivity contribution in [2.75, 3.05) is 6.61 Å². The van der Waals surface area contributed by atoms with E-state index >= 15 is 0 Å². The summed E-state index contributed by atoms with van der Waals surface area (Å²) in [7, 11) is 0. The van der Waals surface area contributed by atoms with Crippen molar-refractivity contribution < 1.29 is 24.4 Å². The van der Waals surface area contributed by atoms with E-state index in [4.69, 9.17) is 14.2 Å². The van der Waals surface area contributed by atoms with E-state index in [1.807, 2.05) is 60.7 Å². The van der Waals surface area contributed by atoms with E-state index < -0.39 is 24.6 Å². The normalized spacial score (nSPS) is 26.6. The minimum atomic E-state index is -1.25. The van der Waals surface area contributed by atoms with Crippen molar-refractivity contribution in [1.82, 2.24) is 0 Å². The molecule has 0 spiro atoms. The van der Waals surface area contributed by atoms with Crippen LogP contribution in [0.25, 0.3) is 0 Å². The molecule has 3 unspecified atom stereocenters. The molecule has 1 heterocycles. The molecule has 1 saturated heterocycles. The number of hydrogen-bond acceptors (Lipinski definition) is 5. The first-order chi connectivity index (χ1) is 11.7. The first-order valence-electron chi connectivity index (χ1n) is 8.03. The Hall–Kier alpha value is -1.76. The van der Waals surface area contributed by atoms with Gasteiger partial charge in [0.2, 0.25) is 0 Å². The molecular formula is C19H22O5. The van der Waals surface area contributed by atoms with E-state index in [-0.39, 0.29) is 6.61 Å². The van der Waals surface area contributed by atoms with E-state index in [0.717, 1.165) is 11.1 Å². The summed E-state index contributed by atoms with van der Waals surface area (Å²) in [6, 6.07) is 19.5. The van der Waals surface area contributed by atoms with Crippen molar-refractivity contribution in [3.05, 3.63) is 71.8 Å². The van der Waals surface area contributed by atoms with Gasteiger partial charge in [0.15, 0.2) is 6.29 Å². The number of benzene rings is 2. The van der Waals surface area contributed by atoms with Crippen molar-refractivity contribution in [2.45, 2.75) is 37.8 Å². The summed E-state index contributed by atoms with van der Waals surface area (Å²) in [6.07, 6.45) is -3.48. The standard InChI is InChI=1S/C19H22O5/c20-17-18(23-12-15-9-5-2-6-10-15)16(24-19(17)21)13-22-11-14-7-3-1-4-8-14/h1-10,16-21H,11-13H2/t16-,17?,18?,19?/m1/s1. The maximum atomic E-state index is 10.1. The van der Waals surface area contributed by atoms with Gasteiger partial charge in [0.25, 0.3) is 0 Å². The van der Waals surface area contributed by atoms with Crippen LogP contribution in [-0.2, 0) is 27.4 Å². The van der Waals surface area contributed by atoms with E-state index in [2.05, 4.69) is 0 Å². The smallest absolute Gasteiger partial charge is 0.184 e. The molecule has 128 valence electrons. The summed E-state index contributed by atoms with van der Waals surface area (Å²) in [5.41, 5.74) is 2.05. The molecule has 0 saturated carbocycles. The van der Waals surface area contributed by atoms with Crippen LogP contribution in [0, 0.1) is 0 Å². The SMILES string of the molecule is OC1O[C@H](COCc2ccccc2)C(OCc2ccccc2)C1O. The molecule has 0 radical (unpaired) electrons. The maximum absolute atomic E-state index is 10.1. The van der Waals surface area contributed by atoms with Crippen LogP contribution in [0.4, 0.5) is 0 Å². The van der Waals surface area contributed by atoms with Gasteiger partial charge in [-0.15, -0.1) is 0 Å². The van der Waals surface area contributed by atoms with Crippen LogP contribution in [0.15, 0.2) is 60.7 Å². The molecule has 24 heavy (non-hydrogen) atoms. The number of rotatable bonds is 7. The highest BCUT2D eigenvalue weighted by Crippen LogP contribution is 2.24. The molecule has 1 aliphatic rings. The second-order valence-corrected chi connectivity index (χ2v) is 5.82. The van der Waals surface area contributed by atoms with Gasteiger partial charge in [-0.05, 0) is 11.1 Å². The van der Waals surface area contributed by atoms with Crippen LogP contribution in [0.1, 0.15) is 11.1 Å². The second-order valence-electron chi connectivity index (χ2n) is 5.82. The second kappa shape index (κ2) is 8.37. The zero-order chi connectivity index (χ0) is 16.8. The zero-order valence-corrected chi connectivity index (χ0v) is 13.3. The van der Waals surface area contributed by atoms with Gasteiger partial charge in [-0.2, -0.15) is 0 Å². The Balaban J connectivity index is 1.52. The molecular weight excluding hydrogens is 308 g/mol. The van der Waals surface area contributed by atoms with Gasteiger partial charge < -0.3 is 24.4 Å². The maximum Gasteiger partial charge on any atom is 0.184 e. The van der Waals surface area contributed by atoms with Crippen molar-refractivity contribution in [3.8, 4) is 0 Å². The Bertz CT molecular complexity index is 604.